The maximum atomic E-state index is 11.3. The number of amides is 1. The number of hydrogen-bond donors (Lipinski definition) is 2. The summed E-state index contributed by atoms with van der Waals surface area (Å²) in [6.45, 7) is 0. The molecular weight excluding hydrogens is 265 g/mol. The second-order valence-electron chi connectivity index (χ2n) is 3.30. The zero-order valence-corrected chi connectivity index (χ0v) is 10.1. The molecule has 1 aromatic carbocycles. The number of benzene rings is 1. The van der Waals surface area contributed by atoms with Gasteiger partial charge in [-0.15, -0.1) is 11.3 Å². The number of rotatable bonds is 3. The SMILES string of the molecule is COc1cc2cc(C(=O)NO)sc2cc1OC.[NaH]. The molecule has 1 aromatic heterocycles. The van der Waals surface area contributed by atoms with Crippen LogP contribution in [0.15, 0.2) is 18.2 Å². The zero-order chi connectivity index (χ0) is 12.4. The molecule has 18 heavy (non-hydrogen) atoms. The van der Waals surface area contributed by atoms with Gasteiger partial charge in [0.15, 0.2) is 11.5 Å². The van der Waals surface area contributed by atoms with Crippen molar-refractivity contribution in [2.45, 2.75) is 0 Å². The number of fused-ring (bicyclic) bond motifs is 1. The third-order valence-electron chi connectivity index (χ3n) is 2.35. The Morgan fingerprint density at radius 2 is 1.83 bits per heavy atom. The molecular formula is C11H12NNaO4S. The number of hydroxylamine groups is 1. The van der Waals surface area contributed by atoms with Crippen LogP contribution in [-0.2, 0) is 0 Å². The van der Waals surface area contributed by atoms with Crippen molar-refractivity contribution >= 4 is 56.9 Å². The standard InChI is InChI=1S/C11H11NO4S.Na.H/c1-15-7-3-6-4-10(11(13)12-14)17-9(6)5-8(7)16-2;;/h3-5,14H,1-2H3,(H,12,13);;. The number of carbonyl (C=O) groups is 1. The summed E-state index contributed by atoms with van der Waals surface area (Å²) in [7, 11) is 3.11. The molecule has 7 heteroatoms. The Bertz CT molecular complexity index is 528. The van der Waals surface area contributed by atoms with Crippen LogP contribution >= 0.6 is 11.3 Å². The van der Waals surface area contributed by atoms with Crippen molar-refractivity contribution in [2.75, 3.05) is 14.2 Å². The van der Waals surface area contributed by atoms with Crippen molar-refractivity contribution < 1.29 is 19.5 Å². The zero-order valence-electron chi connectivity index (χ0n) is 9.31. The first kappa shape index (κ1) is 15.3. The van der Waals surface area contributed by atoms with E-state index in [9.17, 15) is 4.79 Å². The van der Waals surface area contributed by atoms with Gasteiger partial charge >= 0.3 is 29.6 Å². The molecule has 2 aromatic rings. The van der Waals surface area contributed by atoms with Crippen LogP contribution in [0.3, 0.4) is 0 Å². The van der Waals surface area contributed by atoms with Crippen LogP contribution in [0.2, 0.25) is 0 Å². The van der Waals surface area contributed by atoms with Crippen LogP contribution in [-0.4, -0.2) is 54.9 Å². The Kier molecular flexibility index (Phi) is 5.43. The van der Waals surface area contributed by atoms with Crippen molar-refractivity contribution in [1.29, 1.82) is 0 Å². The van der Waals surface area contributed by atoms with Crippen LogP contribution in [0.25, 0.3) is 10.1 Å². The van der Waals surface area contributed by atoms with E-state index < -0.39 is 5.91 Å². The van der Waals surface area contributed by atoms with Crippen molar-refractivity contribution in [2.24, 2.45) is 0 Å². The molecule has 0 spiro atoms. The van der Waals surface area contributed by atoms with E-state index in [1.54, 1.807) is 37.9 Å². The molecule has 0 fully saturated rings. The molecule has 0 aliphatic rings. The Morgan fingerprint density at radius 3 is 2.39 bits per heavy atom. The number of carbonyl (C=O) groups excluding carboxylic acids is 1. The monoisotopic (exact) mass is 277 g/mol. The third-order valence-corrected chi connectivity index (χ3v) is 3.44. The number of ether oxygens (including phenoxy) is 2. The Balaban J connectivity index is 0.00000162. The van der Waals surface area contributed by atoms with E-state index in [2.05, 4.69) is 0 Å². The van der Waals surface area contributed by atoms with Crippen LogP contribution in [0.1, 0.15) is 9.67 Å². The topological polar surface area (TPSA) is 67.8 Å². The van der Waals surface area contributed by atoms with Gasteiger partial charge in [0, 0.05) is 10.8 Å². The van der Waals surface area contributed by atoms with Gasteiger partial charge in [-0.1, -0.05) is 0 Å². The van der Waals surface area contributed by atoms with E-state index in [1.807, 2.05) is 0 Å². The molecule has 0 unspecified atom stereocenters. The summed E-state index contributed by atoms with van der Waals surface area (Å²) in [5, 5.41) is 9.44. The van der Waals surface area contributed by atoms with E-state index >= 15 is 0 Å². The minimum absolute atomic E-state index is 0. The second-order valence-corrected chi connectivity index (χ2v) is 4.38. The van der Waals surface area contributed by atoms with E-state index in [1.165, 1.54) is 11.3 Å². The molecule has 2 rings (SSSR count). The predicted octanol–water partition coefficient (Wildman–Crippen LogP) is 1.39. The van der Waals surface area contributed by atoms with Gasteiger partial charge in [0.1, 0.15) is 0 Å². The summed E-state index contributed by atoms with van der Waals surface area (Å²) in [5.41, 5.74) is 1.61. The Hall–Kier alpha value is -0.790. The third kappa shape index (κ3) is 2.78. The quantitative estimate of drug-likeness (QED) is 0.505. The van der Waals surface area contributed by atoms with Gasteiger partial charge in [-0.05, 0) is 17.5 Å². The summed E-state index contributed by atoms with van der Waals surface area (Å²) < 4.78 is 11.2. The molecule has 0 bridgehead atoms. The van der Waals surface area contributed by atoms with E-state index in [-0.39, 0.29) is 29.6 Å². The molecule has 5 nitrogen and oxygen atoms in total. The van der Waals surface area contributed by atoms with Crippen molar-refractivity contribution in [3.8, 4) is 11.5 Å². The van der Waals surface area contributed by atoms with Crippen LogP contribution < -0.4 is 15.0 Å². The first-order valence-electron chi connectivity index (χ1n) is 4.79. The van der Waals surface area contributed by atoms with E-state index in [4.69, 9.17) is 14.7 Å². The average molecular weight is 277 g/mol. The number of nitrogens with one attached hydrogen (secondary N) is 1. The fourth-order valence-electron chi connectivity index (χ4n) is 1.53. The summed E-state index contributed by atoms with van der Waals surface area (Å²) in [4.78, 5) is 11.7. The molecule has 1 amide bonds. The maximum absolute atomic E-state index is 11.3. The van der Waals surface area contributed by atoms with Gasteiger partial charge in [-0.25, -0.2) is 5.48 Å². The van der Waals surface area contributed by atoms with Gasteiger partial charge in [0.25, 0.3) is 5.91 Å². The average Bonchev–Trinajstić information content (AvgIpc) is 2.78. The normalized spacial score (nSPS) is 9.72. The van der Waals surface area contributed by atoms with E-state index in [0.29, 0.717) is 16.4 Å². The molecule has 1 heterocycles. The molecule has 0 aliphatic carbocycles. The molecule has 0 aliphatic heterocycles. The van der Waals surface area contributed by atoms with Crippen LogP contribution in [0.5, 0.6) is 11.5 Å². The Labute approximate surface area is 130 Å². The predicted molar refractivity (Wildman–Crippen MR) is 71.3 cm³/mol. The number of thiophene rings is 1. The second kappa shape index (κ2) is 6.40. The fraction of sp³-hybridized carbons (Fsp3) is 0.182. The summed E-state index contributed by atoms with van der Waals surface area (Å²) in [6, 6.07) is 5.28. The van der Waals surface area contributed by atoms with Gasteiger partial charge in [-0.2, -0.15) is 0 Å². The Morgan fingerprint density at radius 1 is 1.22 bits per heavy atom. The summed E-state index contributed by atoms with van der Waals surface area (Å²) in [5.74, 6) is 0.690. The van der Waals surface area contributed by atoms with Gasteiger partial charge < -0.3 is 9.47 Å². The molecule has 2 N–H and O–H groups in total. The van der Waals surface area contributed by atoms with Gasteiger partial charge in [0.2, 0.25) is 0 Å². The molecule has 0 atom stereocenters. The van der Waals surface area contributed by atoms with Crippen molar-refractivity contribution in [3.05, 3.63) is 23.1 Å². The van der Waals surface area contributed by atoms with Crippen molar-refractivity contribution in [3.63, 3.8) is 0 Å². The molecule has 0 saturated carbocycles. The van der Waals surface area contributed by atoms with Gasteiger partial charge in [-0.3, -0.25) is 10.0 Å². The van der Waals surface area contributed by atoms with Gasteiger partial charge in [0.05, 0.1) is 19.1 Å². The fourth-order valence-corrected chi connectivity index (χ4v) is 2.50. The summed E-state index contributed by atoms with van der Waals surface area (Å²) in [6.07, 6.45) is 0. The number of methoxy groups -OCH3 is 2. The summed E-state index contributed by atoms with van der Waals surface area (Å²) >= 11 is 1.27. The van der Waals surface area contributed by atoms with E-state index in [0.717, 1.165) is 10.1 Å². The molecule has 92 valence electrons. The molecule has 0 radical (unpaired) electrons. The number of hydrogen-bond acceptors (Lipinski definition) is 5. The van der Waals surface area contributed by atoms with Crippen molar-refractivity contribution in [1.82, 2.24) is 5.48 Å². The first-order chi connectivity index (χ1) is 8.19. The molecule has 0 saturated heterocycles. The minimum atomic E-state index is -0.524. The first-order valence-corrected chi connectivity index (χ1v) is 5.61. The van der Waals surface area contributed by atoms with Crippen LogP contribution in [0.4, 0.5) is 0 Å². The van der Waals surface area contributed by atoms with Crippen LogP contribution in [0, 0.1) is 0 Å².